The predicted molar refractivity (Wildman–Crippen MR) is 86.4 cm³/mol. The van der Waals surface area contributed by atoms with Crippen LogP contribution in [0.5, 0.6) is 0 Å². The molecule has 21 heavy (non-hydrogen) atoms. The summed E-state index contributed by atoms with van der Waals surface area (Å²) in [5.74, 6) is 0.623. The second-order valence-corrected chi connectivity index (χ2v) is 7.50. The van der Waals surface area contributed by atoms with Gasteiger partial charge in [0.2, 0.25) is 0 Å². The smallest absolute Gasteiger partial charge is 0.264 e. The van der Waals surface area contributed by atoms with E-state index >= 15 is 0 Å². The molecule has 5 nitrogen and oxygen atoms in total. The second-order valence-electron chi connectivity index (χ2n) is 5.93. The van der Waals surface area contributed by atoms with Crippen LogP contribution in [-0.2, 0) is 10.1 Å². The highest BCUT2D eigenvalue weighted by atomic mass is 32.2. The molecule has 0 aromatic rings. The van der Waals surface area contributed by atoms with E-state index in [4.69, 9.17) is 4.55 Å². The van der Waals surface area contributed by atoms with Gasteiger partial charge in [0.15, 0.2) is 0 Å². The van der Waals surface area contributed by atoms with Crippen molar-refractivity contribution in [3.63, 3.8) is 0 Å². The molecule has 124 valence electrons. The first-order chi connectivity index (χ1) is 9.94. The third-order valence-corrected chi connectivity index (χ3v) is 4.79. The van der Waals surface area contributed by atoms with Gasteiger partial charge in [-0.05, 0) is 25.2 Å². The molecule has 0 spiro atoms. The summed E-state index contributed by atoms with van der Waals surface area (Å²) in [6.07, 6.45) is 10.6. The number of hydrogen-bond acceptors (Lipinski definition) is 4. The molecule has 1 N–H and O–H groups in total. The summed E-state index contributed by atoms with van der Waals surface area (Å²) in [5, 5.41) is 0. The summed E-state index contributed by atoms with van der Waals surface area (Å²) in [5.41, 5.74) is 0. The van der Waals surface area contributed by atoms with Crippen molar-refractivity contribution in [3.05, 3.63) is 12.4 Å². The maximum Gasteiger partial charge on any atom is 0.264 e. The largest absolute Gasteiger partial charge is 0.359 e. The van der Waals surface area contributed by atoms with Gasteiger partial charge in [0.05, 0.1) is 12.4 Å². The van der Waals surface area contributed by atoms with Gasteiger partial charge in [-0.2, -0.15) is 8.42 Å². The minimum absolute atomic E-state index is 0.136. The van der Waals surface area contributed by atoms with E-state index in [0.717, 1.165) is 32.1 Å². The number of unbranched alkanes of at least 4 members (excludes halogenated alkanes) is 2. The summed E-state index contributed by atoms with van der Waals surface area (Å²) in [6, 6.07) is 0. The van der Waals surface area contributed by atoms with Gasteiger partial charge in [-0.15, -0.1) is 0 Å². The minimum atomic E-state index is -3.81. The first-order valence-corrected chi connectivity index (χ1v) is 9.67. The maximum atomic E-state index is 10.6. The third kappa shape index (κ3) is 8.31. The summed E-state index contributed by atoms with van der Waals surface area (Å²) in [6.45, 7) is 7.33. The molecule has 0 bridgehead atoms. The van der Waals surface area contributed by atoms with Crippen molar-refractivity contribution in [2.24, 2.45) is 5.92 Å². The highest BCUT2D eigenvalue weighted by Gasteiger charge is 2.16. The molecule has 1 heterocycles. The van der Waals surface area contributed by atoms with Crippen LogP contribution in [0.15, 0.2) is 12.4 Å². The molecule has 0 saturated carbocycles. The van der Waals surface area contributed by atoms with Crippen LogP contribution in [0.4, 0.5) is 0 Å². The van der Waals surface area contributed by atoms with Crippen LogP contribution >= 0.6 is 0 Å². The molecule has 0 saturated heterocycles. The molecule has 1 aliphatic heterocycles. The fraction of sp³-hybridized carbons (Fsp3) is 0.867. The van der Waals surface area contributed by atoms with Crippen molar-refractivity contribution in [2.75, 3.05) is 25.5 Å². The first-order valence-electron chi connectivity index (χ1n) is 8.06. The quantitative estimate of drug-likeness (QED) is 0.469. The average Bonchev–Trinajstić information content (AvgIpc) is 2.86. The molecular formula is C15H30N2O3S. The van der Waals surface area contributed by atoms with Crippen LogP contribution in [0, 0.1) is 5.92 Å². The lowest BCUT2D eigenvalue weighted by atomic mass is 9.99. The zero-order valence-electron chi connectivity index (χ0n) is 13.4. The fourth-order valence-corrected chi connectivity index (χ4v) is 3.20. The zero-order valence-corrected chi connectivity index (χ0v) is 14.2. The van der Waals surface area contributed by atoms with Crippen LogP contribution in [0.25, 0.3) is 0 Å². The summed E-state index contributed by atoms with van der Waals surface area (Å²) >= 11 is 0. The molecule has 1 aliphatic rings. The normalized spacial score (nSPS) is 16.7. The van der Waals surface area contributed by atoms with Crippen LogP contribution < -0.4 is 0 Å². The van der Waals surface area contributed by atoms with Gasteiger partial charge in [-0.25, -0.2) is 0 Å². The average molecular weight is 318 g/mol. The monoisotopic (exact) mass is 318 g/mol. The number of hydrogen-bond donors (Lipinski definition) is 1. The van der Waals surface area contributed by atoms with Crippen molar-refractivity contribution in [1.29, 1.82) is 0 Å². The van der Waals surface area contributed by atoms with E-state index < -0.39 is 10.1 Å². The Morgan fingerprint density at radius 1 is 1.14 bits per heavy atom. The Kier molecular flexibility index (Phi) is 8.11. The van der Waals surface area contributed by atoms with Crippen LogP contribution in [0.2, 0.25) is 0 Å². The van der Waals surface area contributed by atoms with Gasteiger partial charge >= 0.3 is 0 Å². The molecule has 1 rings (SSSR count). The van der Waals surface area contributed by atoms with Gasteiger partial charge in [-0.3, -0.25) is 4.55 Å². The Morgan fingerprint density at radius 3 is 2.48 bits per heavy atom. The Bertz CT molecular complexity index is 409. The van der Waals surface area contributed by atoms with E-state index in [0.29, 0.717) is 6.42 Å². The number of nitrogens with zero attached hydrogens (tertiary/aromatic N) is 2. The molecule has 0 amide bonds. The molecule has 1 unspecified atom stereocenters. The Balaban J connectivity index is 2.19. The van der Waals surface area contributed by atoms with Gasteiger partial charge in [-0.1, -0.05) is 33.1 Å². The second kappa shape index (κ2) is 9.30. The SMILES string of the molecule is CCCCC(CC)CN1C=CN(CCCCS(=O)(=O)O)C1. The van der Waals surface area contributed by atoms with Gasteiger partial charge in [0.1, 0.15) is 0 Å². The highest BCUT2D eigenvalue weighted by Crippen LogP contribution is 2.17. The molecular weight excluding hydrogens is 288 g/mol. The Labute approximate surface area is 129 Å². The van der Waals surface area contributed by atoms with Crippen molar-refractivity contribution in [2.45, 2.75) is 52.4 Å². The van der Waals surface area contributed by atoms with Crippen LogP contribution in [-0.4, -0.2) is 48.3 Å². The van der Waals surface area contributed by atoms with Crippen molar-refractivity contribution in [3.8, 4) is 0 Å². The Morgan fingerprint density at radius 2 is 1.86 bits per heavy atom. The molecule has 0 fully saturated rings. The van der Waals surface area contributed by atoms with E-state index in [1.165, 1.54) is 25.7 Å². The van der Waals surface area contributed by atoms with Gasteiger partial charge in [0.25, 0.3) is 10.1 Å². The van der Waals surface area contributed by atoms with Crippen molar-refractivity contribution < 1.29 is 13.0 Å². The van der Waals surface area contributed by atoms with Crippen molar-refractivity contribution in [1.82, 2.24) is 9.80 Å². The summed E-state index contributed by atoms with van der Waals surface area (Å²) < 4.78 is 30.0. The standard InChI is InChI=1S/C15H30N2O3S/c1-3-5-8-15(4-2)13-17-11-10-16(14-17)9-6-7-12-21(18,19)20/h10-11,15H,3-9,12-14H2,1-2H3,(H,18,19,20). The zero-order chi connectivity index (χ0) is 15.7. The first kappa shape index (κ1) is 18.3. The van der Waals surface area contributed by atoms with E-state index in [-0.39, 0.29) is 5.75 Å². The van der Waals surface area contributed by atoms with Crippen LogP contribution in [0.3, 0.4) is 0 Å². The molecule has 0 radical (unpaired) electrons. The number of rotatable bonds is 11. The topological polar surface area (TPSA) is 60.9 Å². The molecule has 0 aromatic heterocycles. The third-order valence-electron chi connectivity index (χ3n) is 3.99. The predicted octanol–water partition coefficient (Wildman–Crippen LogP) is 2.92. The summed E-state index contributed by atoms with van der Waals surface area (Å²) in [4.78, 5) is 4.54. The lowest BCUT2D eigenvalue weighted by molar-refractivity contribution is 0.225. The van der Waals surface area contributed by atoms with E-state index in [1.54, 1.807) is 0 Å². The molecule has 0 aliphatic carbocycles. The fourth-order valence-electron chi connectivity index (χ4n) is 2.63. The van der Waals surface area contributed by atoms with E-state index in [2.05, 4.69) is 36.0 Å². The lowest BCUT2D eigenvalue weighted by Gasteiger charge is -2.25. The van der Waals surface area contributed by atoms with Crippen molar-refractivity contribution >= 4 is 10.1 Å². The van der Waals surface area contributed by atoms with Gasteiger partial charge < -0.3 is 9.80 Å². The minimum Gasteiger partial charge on any atom is -0.359 e. The van der Waals surface area contributed by atoms with E-state index in [1.807, 2.05) is 0 Å². The van der Waals surface area contributed by atoms with Gasteiger partial charge in [0, 0.05) is 25.5 Å². The maximum absolute atomic E-state index is 10.6. The summed E-state index contributed by atoms with van der Waals surface area (Å²) in [7, 11) is -3.81. The Hall–Kier alpha value is -0.750. The molecule has 0 aromatic carbocycles. The molecule has 6 heteroatoms. The van der Waals surface area contributed by atoms with E-state index in [9.17, 15) is 8.42 Å². The lowest BCUT2D eigenvalue weighted by Crippen LogP contribution is -2.30. The highest BCUT2D eigenvalue weighted by molar-refractivity contribution is 7.85. The van der Waals surface area contributed by atoms with Crippen LogP contribution in [0.1, 0.15) is 52.4 Å². The molecule has 1 atom stereocenters.